The number of amides is 2. The number of anilines is 1. The molecule has 0 radical (unpaired) electrons. The van der Waals surface area contributed by atoms with Crippen molar-refractivity contribution < 1.29 is 14.0 Å². The highest BCUT2D eigenvalue weighted by Gasteiger charge is 2.25. The second-order valence-electron chi connectivity index (χ2n) is 5.40. The molecule has 0 aromatic heterocycles. The maximum absolute atomic E-state index is 13.0. The topological polar surface area (TPSA) is 84.2 Å². The number of benzene rings is 1. The number of halogens is 2. The van der Waals surface area contributed by atoms with Crippen LogP contribution in [0, 0.1) is 11.7 Å². The Bertz CT molecular complexity index is 527. The fourth-order valence-corrected chi connectivity index (χ4v) is 2.55. The number of hydrogen-bond acceptors (Lipinski definition) is 3. The number of carbonyl (C=O) groups is 2. The minimum atomic E-state index is -0.423. The van der Waals surface area contributed by atoms with Gasteiger partial charge in [-0.15, -0.1) is 12.4 Å². The van der Waals surface area contributed by atoms with Crippen molar-refractivity contribution in [3.05, 3.63) is 30.1 Å². The fraction of sp³-hybridized carbons (Fsp3) is 0.467. The van der Waals surface area contributed by atoms with E-state index in [1.807, 2.05) is 0 Å². The van der Waals surface area contributed by atoms with Crippen LogP contribution in [0.3, 0.4) is 0 Å². The van der Waals surface area contributed by atoms with Crippen LogP contribution in [0.2, 0.25) is 0 Å². The molecular formula is C15H21ClFN3O2. The summed E-state index contributed by atoms with van der Waals surface area (Å²) in [6.45, 7) is -0.124. The molecule has 1 fully saturated rings. The predicted molar refractivity (Wildman–Crippen MR) is 85.2 cm³/mol. The first-order chi connectivity index (χ1) is 10.0. The third kappa shape index (κ3) is 5.61. The van der Waals surface area contributed by atoms with Gasteiger partial charge in [-0.3, -0.25) is 9.59 Å². The van der Waals surface area contributed by atoms with E-state index < -0.39 is 5.82 Å². The Kier molecular flexibility index (Phi) is 7.27. The van der Waals surface area contributed by atoms with Crippen LogP contribution in [-0.2, 0) is 9.59 Å². The van der Waals surface area contributed by atoms with Crippen LogP contribution >= 0.6 is 12.4 Å². The molecule has 0 bridgehead atoms. The van der Waals surface area contributed by atoms with Gasteiger partial charge in [0.1, 0.15) is 5.82 Å². The van der Waals surface area contributed by atoms with Crippen molar-refractivity contribution in [2.45, 2.75) is 31.7 Å². The van der Waals surface area contributed by atoms with Crippen LogP contribution in [0.4, 0.5) is 10.1 Å². The standard InChI is InChI=1S/C15H20FN3O2.ClH/c16-11-4-2-6-13(8-11)19-14(20)9-18-15(21)10-3-1-5-12(17)7-10;/h2,4,6,8,10,12H,1,3,5,7,9,17H2,(H,18,21)(H,19,20);1H. The lowest BCUT2D eigenvalue weighted by atomic mass is 9.85. The van der Waals surface area contributed by atoms with Crippen LogP contribution in [0.1, 0.15) is 25.7 Å². The number of hydrogen-bond donors (Lipinski definition) is 3. The third-order valence-corrected chi connectivity index (χ3v) is 3.62. The number of carbonyl (C=O) groups excluding carboxylic acids is 2. The van der Waals surface area contributed by atoms with E-state index in [1.165, 1.54) is 18.2 Å². The summed E-state index contributed by atoms with van der Waals surface area (Å²) in [5.74, 6) is -1.06. The summed E-state index contributed by atoms with van der Waals surface area (Å²) in [6, 6.07) is 5.68. The lowest BCUT2D eigenvalue weighted by molar-refractivity contribution is -0.128. The summed E-state index contributed by atoms with van der Waals surface area (Å²) in [6.07, 6.45) is 3.36. The molecule has 1 aliphatic carbocycles. The van der Waals surface area contributed by atoms with Crippen LogP contribution < -0.4 is 16.4 Å². The molecule has 5 nitrogen and oxygen atoms in total. The third-order valence-electron chi connectivity index (χ3n) is 3.62. The number of nitrogens with two attached hydrogens (primary N) is 1. The minimum Gasteiger partial charge on any atom is -0.347 e. The summed E-state index contributed by atoms with van der Waals surface area (Å²) in [5.41, 5.74) is 6.21. The van der Waals surface area contributed by atoms with Gasteiger partial charge in [0.15, 0.2) is 0 Å². The highest BCUT2D eigenvalue weighted by atomic mass is 35.5. The average molecular weight is 330 g/mol. The first-order valence-corrected chi connectivity index (χ1v) is 7.13. The van der Waals surface area contributed by atoms with Crippen molar-refractivity contribution in [1.29, 1.82) is 0 Å². The Morgan fingerprint density at radius 2 is 2.09 bits per heavy atom. The van der Waals surface area contributed by atoms with Gasteiger partial charge in [-0.2, -0.15) is 0 Å². The molecule has 0 aliphatic heterocycles. The van der Waals surface area contributed by atoms with Crippen LogP contribution in [-0.4, -0.2) is 24.4 Å². The average Bonchev–Trinajstić information content (AvgIpc) is 2.45. The second kappa shape index (κ2) is 8.70. The Balaban J connectivity index is 0.00000242. The molecule has 0 heterocycles. The first-order valence-electron chi connectivity index (χ1n) is 7.13. The smallest absolute Gasteiger partial charge is 0.243 e. The predicted octanol–water partition coefficient (Wildman–Crippen LogP) is 1.82. The lowest BCUT2D eigenvalue weighted by Crippen LogP contribution is -2.40. The molecule has 2 atom stereocenters. The van der Waals surface area contributed by atoms with Crippen molar-refractivity contribution in [2.24, 2.45) is 11.7 Å². The van der Waals surface area contributed by atoms with Crippen LogP contribution in [0.5, 0.6) is 0 Å². The molecule has 122 valence electrons. The van der Waals surface area contributed by atoms with E-state index in [9.17, 15) is 14.0 Å². The van der Waals surface area contributed by atoms with E-state index in [2.05, 4.69) is 10.6 Å². The Hall–Kier alpha value is -1.66. The lowest BCUT2D eigenvalue weighted by Gasteiger charge is -2.25. The van der Waals surface area contributed by atoms with Gasteiger partial charge in [0, 0.05) is 17.6 Å². The minimum absolute atomic E-state index is 0. The molecule has 1 aromatic carbocycles. The van der Waals surface area contributed by atoms with Crippen molar-refractivity contribution in [2.75, 3.05) is 11.9 Å². The van der Waals surface area contributed by atoms with Gasteiger partial charge < -0.3 is 16.4 Å². The zero-order valence-electron chi connectivity index (χ0n) is 12.2. The van der Waals surface area contributed by atoms with Crippen molar-refractivity contribution >= 4 is 29.9 Å². The molecule has 2 unspecified atom stereocenters. The molecule has 0 spiro atoms. The molecule has 1 aliphatic rings. The Morgan fingerprint density at radius 3 is 2.77 bits per heavy atom. The summed E-state index contributed by atoms with van der Waals surface area (Å²) >= 11 is 0. The molecule has 0 saturated heterocycles. The Labute approximate surface area is 135 Å². The molecule has 7 heteroatoms. The van der Waals surface area contributed by atoms with Crippen molar-refractivity contribution in [3.8, 4) is 0 Å². The normalized spacial score (nSPS) is 20.6. The number of nitrogens with one attached hydrogen (secondary N) is 2. The largest absolute Gasteiger partial charge is 0.347 e. The molecule has 2 rings (SSSR count). The first kappa shape index (κ1) is 18.4. The summed E-state index contributed by atoms with van der Waals surface area (Å²) in [7, 11) is 0. The van der Waals surface area contributed by atoms with Gasteiger partial charge in [-0.05, 0) is 37.5 Å². The van der Waals surface area contributed by atoms with E-state index in [-0.39, 0.29) is 42.7 Å². The van der Waals surface area contributed by atoms with Crippen LogP contribution in [0.15, 0.2) is 24.3 Å². The molecule has 1 aromatic rings. The van der Waals surface area contributed by atoms with E-state index in [4.69, 9.17) is 5.73 Å². The second-order valence-corrected chi connectivity index (χ2v) is 5.40. The van der Waals surface area contributed by atoms with Gasteiger partial charge in [0.05, 0.1) is 6.54 Å². The SMILES string of the molecule is Cl.NC1CCCC(C(=O)NCC(=O)Nc2cccc(F)c2)C1. The maximum atomic E-state index is 13.0. The van der Waals surface area contributed by atoms with Crippen LogP contribution in [0.25, 0.3) is 0 Å². The van der Waals surface area contributed by atoms with Crippen molar-refractivity contribution in [3.63, 3.8) is 0 Å². The summed E-state index contributed by atoms with van der Waals surface area (Å²) in [5, 5.41) is 5.14. The van der Waals surface area contributed by atoms with Crippen molar-refractivity contribution in [1.82, 2.24) is 5.32 Å². The highest BCUT2D eigenvalue weighted by molar-refractivity contribution is 5.94. The molecule has 2 amide bonds. The van der Waals surface area contributed by atoms with Gasteiger partial charge >= 0.3 is 0 Å². The zero-order chi connectivity index (χ0) is 15.2. The monoisotopic (exact) mass is 329 g/mol. The Morgan fingerprint density at radius 1 is 1.32 bits per heavy atom. The number of rotatable bonds is 4. The molecule has 22 heavy (non-hydrogen) atoms. The summed E-state index contributed by atoms with van der Waals surface area (Å²) in [4.78, 5) is 23.7. The zero-order valence-corrected chi connectivity index (χ0v) is 13.0. The van der Waals surface area contributed by atoms with E-state index >= 15 is 0 Å². The van der Waals surface area contributed by atoms with E-state index in [0.29, 0.717) is 12.1 Å². The van der Waals surface area contributed by atoms with E-state index in [1.54, 1.807) is 6.07 Å². The highest BCUT2D eigenvalue weighted by Crippen LogP contribution is 2.22. The van der Waals surface area contributed by atoms with Gasteiger partial charge in [0.2, 0.25) is 11.8 Å². The van der Waals surface area contributed by atoms with Gasteiger partial charge in [-0.25, -0.2) is 4.39 Å². The van der Waals surface area contributed by atoms with E-state index in [0.717, 1.165) is 19.3 Å². The fourth-order valence-electron chi connectivity index (χ4n) is 2.55. The summed E-state index contributed by atoms with van der Waals surface area (Å²) < 4.78 is 13.0. The molecule has 4 N–H and O–H groups in total. The quantitative estimate of drug-likeness (QED) is 0.787. The molecule has 1 saturated carbocycles. The van der Waals surface area contributed by atoms with Gasteiger partial charge in [-0.1, -0.05) is 12.5 Å². The maximum Gasteiger partial charge on any atom is 0.243 e. The van der Waals surface area contributed by atoms with Gasteiger partial charge in [0.25, 0.3) is 0 Å². The molecular weight excluding hydrogens is 309 g/mol.